The lowest BCUT2D eigenvalue weighted by atomic mass is 9.78. The first-order valence-electron chi connectivity index (χ1n) is 5.84. The van der Waals surface area contributed by atoms with E-state index in [1.54, 1.807) is 0 Å². The van der Waals surface area contributed by atoms with E-state index in [0.717, 1.165) is 10.8 Å². The fourth-order valence-electron chi connectivity index (χ4n) is 2.74. The highest BCUT2D eigenvalue weighted by molar-refractivity contribution is 8.72. The molecular formula is C10H15F3O4S2. The first kappa shape index (κ1) is 15.4. The Kier molecular flexibility index (Phi) is 4.39. The SMILES string of the molecule is COC1CC2CSS(=O)(=O)CC2CC1OC(F)(F)F. The molecule has 9 heteroatoms. The quantitative estimate of drug-likeness (QED) is 0.729. The van der Waals surface area contributed by atoms with Crippen LogP contribution in [0, 0.1) is 11.8 Å². The smallest absolute Gasteiger partial charge is 0.379 e. The van der Waals surface area contributed by atoms with Gasteiger partial charge in [0.05, 0.1) is 18.0 Å². The average Bonchev–Trinajstić information content (AvgIpc) is 2.24. The molecule has 0 amide bonds. The molecule has 0 bridgehead atoms. The number of halogens is 3. The van der Waals surface area contributed by atoms with Gasteiger partial charge >= 0.3 is 6.36 Å². The van der Waals surface area contributed by atoms with Crippen molar-refractivity contribution in [2.24, 2.45) is 11.8 Å². The second-order valence-electron chi connectivity index (χ2n) is 4.88. The maximum absolute atomic E-state index is 12.3. The van der Waals surface area contributed by atoms with Crippen molar-refractivity contribution in [1.82, 2.24) is 0 Å². The summed E-state index contributed by atoms with van der Waals surface area (Å²) in [4.78, 5) is 0. The summed E-state index contributed by atoms with van der Waals surface area (Å²) in [7, 11) is -0.967. The number of methoxy groups -OCH3 is 1. The molecule has 19 heavy (non-hydrogen) atoms. The normalized spacial score (nSPS) is 38.7. The van der Waals surface area contributed by atoms with Crippen molar-refractivity contribution in [3.8, 4) is 0 Å². The number of hydrogen-bond acceptors (Lipinski definition) is 5. The van der Waals surface area contributed by atoms with Gasteiger partial charge < -0.3 is 4.74 Å². The minimum atomic E-state index is -4.73. The van der Waals surface area contributed by atoms with Gasteiger partial charge in [0.2, 0.25) is 8.87 Å². The minimum Gasteiger partial charge on any atom is -0.379 e. The van der Waals surface area contributed by atoms with Crippen LogP contribution in [0.1, 0.15) is 12.8 Å². The summed E-state index contributed by atoms with van der Waals surface area (Å²) >= 11 is 0. The van der Waals surface area contributed by atoms with Gasteiger partial charge in [-0.15, -0.1) is 13.2 Å². The van der Waals surface area contributed by atoms with Crippen LogP contribution in [0.3, 0.4) is 0 Å². The highest BCUT2D eigenvalue weighted by Gasteiger charge is 2.46. The molecule has 0 N–H and O–H groups in total. The molecule has 112 valence electrons. The van der Waals surface area contributed by atoms with Crippen molar-refractivity contribution in [3.63, 3.8) is 0 Å². The van der Waals surface area contributed by atoms with Gasteiger partial charge in [-0.2, -0.15) is 0 Å². The number of fused-ring (bicyclic) bond motifs is 1. The Balaban J connectivity index is 2.09. The molecule has 1 aliphatic carbocycles. The molecular weight excluding hydrogens is 305 g/mol. The summed E-state index contributed by atoms with van der Waals surface area (Å²) < 4.78 is 69.2. The van der Waals surface area contributed by atoms with Crippen LogP contribution >= 0.6 is 10.8 Å². The summed E-state index contributed by atoms with van der Waals surface area (Å²) in [6.07, 6.45) is -6.00. The maximum atomic E-state index is 12.3. The number of rotatable bonds is 2. The van der Waals surface area contributed by atoms with E-state index < -0.39 is 27.4 Å². The van der Waals surface area contributed by atoms with Gasteiger partial charge in [0.25, 0.3) is 0 Å². The summed E-state index contributed by atoms with van der Waals surface area (Å²) in [5.41, 5.74) is 0. The lowest BCUT2D eigenvalue weighted by Gasteiger charge is -2.42. The van der Waals surface area contributed by atoms with E-state index >= 15 is 0 Å². The van der Waals surface area contributed by atoms with Crippen LogP contribution in [-0.4, -0.2) is 45.6 Å². The van der Waals surface area contributed by atoms with Gasteiger partial charge in [-0.3, -0.25) is 4.74 Å². The lowest BCUT2D eigenvalue weighted by Crippen LogP contribution is -2.47. The summed E-state index contributed by atoms with van der Waals surface area (Å²) in [6.45, 7) is 0. The monoisotopic (exact) mass is 320 g/mol. The second kappa shape index (κ2) is 5.42. The zero-order valence-corrected chi connectivity index (χ0v) is 11.9. The van der Waals surface area contributed by atoms with Crippen molar-refractivity contribution in [2.45, 2.75) is 31.4 Å². The molecule has 2 fully saturated rings. The molecule has 0 aromatic heterocycles. The molecule has 0 radical (unpaired) electrons. The van der Waals surface area contributed by atoms with E-state index in [1.807, 2.05) is 0 Å². The molecule has 4 unspecified atom stereocenters. The highest BCUT2D eigenvalue weighted by Crippen LogP contribution is 2.43. The fraction of sp³-hybridized carbons (Fsp3) is 1.00. The van der Waals surface area contributed by atoms with E-state index in [4.69, 9.17) is 4.74 Å². The molecule has 0 spiro atoms. The van der Waals surface area contributed by atoms with Crippen LogP contribution in [0.4, 0.5) is 13.2 Å². The average molecular weight is 320 g/mol. The van der Waals surface area contributed by atoms with Crippen LogP contribution < -0.4 is 0 Å². The molecule has 4 atom stereocenters. The van der Waals surface area contributed by atoms with Gasteiger partial charge in [0.15, 0.2) is 0 Å². The molecule has 2 rings (SSSR count). The second-order valence-corrected chi connectivity index (χ2v) is 9.13. The predicted molar refractivity (Wildman–Crippen MR) is 64.2 cm³/mol. The van der Waals surface area contributed by atoms with Crippen molar-refractivity contribution < 1.29 is 31.1 Å². The summed E-state index contributed by atoms with van der Waals surface area (Å²) in [5.74, 6) is 0.152. The fourth-order valence-corrected chi connectivity index (χ4v) is 6.52. The third-order valence-electron chi connectivity index (χ3n) is 3.62. The predicted octanol–water partition coefficient (Wildman–Crippen LogP) is 2.01. The molecule has 0 aromatic rings. The van der Waals surface area contributed by atoms with Crippen LogP contribution in [-0.2, 0) is 18.3 Å². The van der Waals surface area contributed by atoms with Crippen molar-refractivity contribution >= 4 is 19.7 Å². The zero-order chi connectivity index (χ0) is 14.3. The summed E-state index contributed by atoms with van der Waals surface area (Å²) in [5, 5.41) is 0. The Morgan fingerprint density at radius 3 is 2.37 bits per heavy atom. The van der Waals surface area contributed by atoms with Crippen molar-refractivity contribution in [2.75, 3.05) is 18.6 Å². The van der Waals surface area contributed by atoms with Crippen LogP contribution in [0.15, 0.2) is 0 Å². The van der Waals surface area contributed by atoms with Crippen LogP contribution in [0.2, 0.25) is 0 Å². The Labute approximate surface area is 113 Å². The molecule has 1 saturated heterocycles. The van der Waals surface area contributed by atoms with Crippen molar-refractivity contribution in [3.05, 3.63) is 0 Å². The first-order chi connectivity index (χ1) is 8.70. The van der Waals surface area contributed by atoms with Gasteiger partial charge in [0, 0.05) is 12.9 Å². The maximum Gasteiger partial charge on any atom is 0.522 e. The van der Waals surface area contributed by atoms with E-state index in [0.29, 0.717) is 12.2 Å². The van der Waals surface area contributed by atoms with Gasteiger partial charge in [0.1, 0.15) is 0 Å². The van der Waals surface area contributed by atoms with E-state index in [9.17, 15) is 21.6 Å². The number of alkyl halides is 3. The number of hydrogen-bond donors (Lipinski definition) is 0. The molecule has 1 saturated carbocycles. The largest absolute Gasteiger partial charge is 0.522 e. The minimum absolute atomic E-state index is 0.0719. The molecule has 2 aliphatic rings. The van der Waals surface area contributed by atoms with Gasteiger partial charge in [-0.25, -0.2) is 8.42 Å². The lowest BCUT2D eigenvalue weighted by molar-refractivity contribution is -0.357. The Morgan fingerprint density at radius 1 is 1.16 bits per heavy atom. The standard InChI is InChI=1S/C10H15F3O4S2/c1-16-8-2-6-4-18-19(14,15)5-7(6)3-9(8)17-10(11,12)13/h6-9H,2-5H2,1H3. The molecule has 0 aromatic carbocycles. The summed E-state index contributed by atoms with van der Waals surface area (Å²) in [6, 6.07) is 0. The molecule has 1 aliphatic heterocycles. The van der Waals surface area contributed by atoms with E-state index in [-0.39, 0.29) is 24.0 Å². The Bertz CT molecular complexity index is 423. The van der Waals surface area contributed by atoms with Gasteiger partial charge in [-0.05, 0) is 35.5 Å². The van der Waals surface area contributed by atoms with Crippen molar-refractivity contribution in [1.29, 1.82) is 0 Å². The molecule has 4 nitrogen and oxygen atoms in total. The zero-order valence-electron chi connectivity index (χ0n) is 10.2. The highest BCUT2D eigenvalue weighted by atomic mass is 33.1. The Hall–Kier alpha value is 0.01000. The third kappa shape index (κ3) is 3.99. The van der Waals surface area contributed by atoms with E-state index in [2.05, 4.69) is 4.74 Å². The Morgan fingerprint density at radius 2 is 1.79 bits per heavy atom. The third-order valence-corrected chi connectivity index (χ3v) is 7.27. The van der Waals surface area contributed by atoms with Crippen LogP contribution in [0.5, 0.6) is 0 Å². The topological polar surface area (TPSA) is 52.6 Å². The number of ether oxygens (including phenoxy) is 2. The first-order valence-corrected chi connectivity index (χ1v) is 9.00. The van der Waals surface area contributed by atoms with Gasteiger partial charge in [-0.1, -0.05) is 0 Å². The van der Waals surface area contributed by atoms with E-state index in [1.165, 1.54) is 7.11 Å². The van der Waals surface area contributed by atoms with Crippen LogP contribution in [0.25, 0.3) is 0 Å². The molecule has 1 heterocycles.